The highest BCUT2D eigenvalue weighted by molar-refractivity contribution is 5.93. The van der Waals surface area contributed by atoms with Crippen molar-refractivity contribution in [3.05, 3.63) is 41.8 Å². The van der Waals surface area contributed by atoms with Gasteiger partial charge < -0.3 is 14.3 Å². The molecule has 0 spiro atoms. The van der Waals surface area contributed by atoms with Crippen molar-refractivity contribution in [2.75, 3.05) is 26.7 Å². The zero-order chi connectivity index (χ0) is 17.8. The Kier molecular flexibility index (Phi) is 5.06. The molecule has 8 nitrogen and oxygen atoms in total. The number of nitrogens with zero attached hydrogens (tertiary/aromatic N) is 5. The number of aromatic nitrogens is 3. The number of amides is 2. The lowest BCUT2D eigenvalue weighted by Crippen LogP contribution is -2.48. The Balaban J connectivity index is 1.49. The number of carbonyl (C=O) groups is 2. The quantitative estimate of drug-likeness (QED) is 0.780. The summed E-state index contributed by atoms with van der Waals surface area (Å²) in [4.78, 5) is 35.5. The Labute approximate surface area is 145 Å². The SMILES string of the molecule is CCC(=O)N1CC(c2nc(CCN(C)C(=O)c3ccncc3)no2)C1. The van der Waals surface area contributed by atoms with Crippen molar-refractivity contribution < 1.29 is 14.1 Å². The molecule has 0 aliphatic carbocycles. The number of hydrogen-bond donors (Lipinski definition) is 0. The predicted octanol–water partition coefficient (Wildman–Crippen LogP) is 1.12. The molecule has 0 aromatic carbocycles. The first-order valence-electron chi connectivity index (χ1n) is 8.34. The van der Waals surface area contributed by atoms with Gasteiger partial charge in [0, 0.05) is 57.5 Å². The number of hydrogen-bond acceptors (Lipinski definition) is 6. The molecular weight excluding hydrogens is 322 g/mol. The number of carbonyl (C=O) groups excluding carboxylic acids is 2. The third-order valence-corrected chi connectivity index (χ3v) is 4.31. The number of pyridine rings is 1. The molecule has 0 N–H and O–H groups in total. The van der Waals surface area contributed by atoms with E-state index in [1.54, 1.807) is 41.4 Å². The van der Waals surface area contributed by atoms with Crippen LogP contribution in [0.1, 0.15) is 41.3 Å². The number of rotatable bonds is 6. The smallest absolute Gasteiger partial charge is 0.253 e. The maximum absolute atomic E-state index is 12.3. The molecule has 0 radical (unpaired) electrons. The van der Waals surface area contributed by atoms with E-state index in [0.717, 1.165) is 0 Å². The van der Waals surface area contributed by atoms with Gasteiger partial charge in [0.05, 0.1) is 5.92 Å². The molecule has 3 rings (SSSR count). The Morgan fingerprint density at radius 1 is 1.32 bits per heavy atom. The molecule has 132 valence electrons. The summed E-state index contributed by atoms with van der Waals surface area (Å²) in [6.07, 6.45) is 4.22. The molecule has 0 unspecified atom stereocenters. The van der Waals surface area contributed by atoms with Crippen molar-refractivity contribution in [3.8, 4) is 0 Å². The molecule has 2 aromatic rings. The van der Waals surface area contributed by atoms with Gasteiger partial charge in [-0.2, -0.15) is 4.98 Å². The topological polar surface area (TPSA) is 92.4 Å². The summed E-state index contributed by atoms with van der Waals surface area (Å²) in [7, 11) is 1.74. The van der Waals surface area contributed by atoms with Crippen LogP contribution in [-0.2, 0) is 11.2 Å². The molecule has 0 bridgehead atoms. The fraction of sp³-hybridized carbons (Fsp3) is 0.471. The van der Waals surface area contributed by atoms with Crippen molar-refractivity contribution in [1.29, 1.82) is 0 Å². The van der Waals surface area contributed by atoms with Gasteiger partial charge in [0.15, 0.2) is 5.82 Å². The van der Waals surface area contributed by atoms with E-state index < -0.39 is 0 Å². The monoisotopic (exact) mass is 343 g/mol. The van der Waals surface area contributed by atoms with E-state index in [-0.39, 0.29) is 17.7 Å². The second-order valence-electron chi connectivity index (χ2n) is 6.11. The molecule has 1 saturated heterocycles. The molecule has 25 heavy (non-hydrogen) atoms. The molecule has 2 amide bonds. The van der Waals surface area contributed by atoms with Gasteiger partial charge in [-0.3, -0.25) is 14.6 Å². The first-order chi connectivity index (χ1) is 12.1. The highest BCUT2D eigenvalue weighted by Gasteiger charge is 2.34. The summed E-state index contributed by atoms with van der Waals surface area (Å²) in [5.74, 6) is 1.34. The van der Waals surface area contributed by atoms with Gasteiger partial charge in [-0.15, -0.1) is 0 Å². The average Bonchev–Trinajstić information content (AvgIpc) is 3.06. The predicted molar refractivity (Wildman–Crippen MR) is 88.8 cm³/mol. The fourth-order valence-corrected chi connectivity index (χ4v) is 2.68. The lowest BCUT2D eigenvalue weighted by atomic mass is 10.00. The third-order valence-electron chi connectivity index (χ3n) is 4.31. The summed E-state index contributed by atoms with van der Waals surface area (Å²) in [5, 5.41) is 3.98. The van der Waals surface area contributed by atoms with Crippen LogP contribution in [0, 0.1) is 0 Å². The van der Waals surface area contributed by atoms with Crippen LogP contribution < -0.4 is 0 Å². The van der Waals surface area contributed by atoms with E-state index in [9.17, 15) is 9.59 Å². The Morgan fingerprint density at radius 2 is 2.04 bits per heavy atom. The molecule has 0 atom stereocenters. The van der Waals surface area contributed by atoms with Crippen LogP contribution in [-0.4, -0.2) is 63.4 Å². The van der Waals surface area contributed by atoms with Gasteiger partial charge in [0.25, 0.3) is 5.91 Å². The van der Waals surface area contributed by atoms with Crippen molar-refractivity contribution in [1.82, 2.24) is 24.9 Å². The van der Waals surface area contributed by atoms with Gasteiger partial charge in [-0.25, -0.2) is 0 Å². The minimum atomic E-state index is -0.0705. The van der Waals surface area contributed by atoms with Crippen molar-refractivity contribution in [2.45, 2.75) is 25.7 Å². The van der Waals surface area contributed by atoms with Crippen molar-refractivity contribution in [2.24, 2.45) is 0 Å². The van der Waals surface area contributed by atoms with Crippen LogP contribution in [0.15, 0.2) is 29.0 Å². The van der Waals surface area contributed by atoms with Crippen LogP contribution in [0.4, 0.5) is 0 Å². The Morgan fingerprint density at radius 3 is 2.72 bits per heavy atom. The maximum atomic E-state index is 12.3. The lowest BCUT2D eigenvalue weighted by Gasteiger charge is -2.36. The number of likely N-dealkylation sites (tertiary alicyclic amines) is 1. The van der Waals surface area contributed by atoms with Crippen LogP contribution in [0.25, 0.3) is 0 Å². The maximum Gasteiger partial charge on any atom is 0.253 e. The zero-order valence-corrected chi connectivity index (χ0v) is 14.4. The van der Waals surface area contributed by atoms with Crippen LogP contribution >= 0.6 is 0 Å². The molecule has 0 saturated carbocycles. The van der Waals surface area contributed by atoms with E-state index in [2.05, 4.69) is 15.1 Å². The molecule has 2 aromatic heterocycles. The van der Waals surface area contributed by atoms with E-state index in [4.69, 9.17) is 4.52 Å². The van der Waals surface area contributed by atoms with Gasteiger partial charge >= 0.3 is 0 Å². The van der Waals surface area contributed by atoms with Crippen molar-refractivity contribution in [3.63, 3.8) is 0 Å². The normalized spacial score (nSPS) is 14.2. The number of likely N-dealkylation sites (N-methyl/N-ethyl adjacent to an activating group) is 1. The summed E-state index contributed by atoms with van der Waals surface area (Å²) in [5.41, 5.74) is 0.599. The van der Waals surface area contributed by atoms with Gasteiger partial charge in [-0.05, 0) is 12.1 Å². The summed E-state index contributed by atoms with van der Waals surface area (Å²) >= 11 is 0. The summed E-state index contributed by atoms with van der Waals surface area (Å²) in [6, 6.07) is 3.37. The highest BCUT2D eigenvalue weighted by atomic mass is 16.5. The summed E-state index contributed by atoms with van der Waals surface area (Å²) in [6.45, 7) is 3.61. The highest BCUT2D eigenvalue weighted by Crippen LogP contribution is 2.26. The lowest BCUT2D eigenvalue weighted by molar-refractivity contribution is -0.135. The average molecular weight is 343 g/mol. The van der Waals surface area contributed by atoms with Crippen LogP contribution in [0.2, 0.25) is 0 Å². The van der Waals surface area contributed by atoms with E-state index >= 15 is 0 Å². The van der Waals surface area contributed by atoms with Crippen LogP contribution in [0.5, 0.6) is 0 Å². The first kappa shape index (κ1) is 17.1. The molecule has 1 aliphatic heterocycles. The Hall–Kier alpha value is -2.77. The van der Waals surface area contributed by atoms with Gasteiger partial charge in [0.2, 0.25) is 11.8 Å². The molecular formula is C17H21N5O3. The molecule has 8 heteroatoms. The van der Waals surface area contributed by atoms with E-state index in [0.29, 0.717) is 49.8 Å². The van der Waals surface area contributed by atoms with Gasteiger partial charge in [0.1, 0.15) is 0 Å². The minimum Gasteiger partial charge on any atom is -0.341 e. The molecule has 3 heterocycles. The minimum absolute atomic E-state index is 0.0705. The fourth-order valence-electron chi connectivity index (χ4n) is 2.68. The second kappa shape index (κ2) is 7.42. The largest absolute Gasteiger partial charge is 0.341 e. The molecule has 1 fully saturated rings. The second-order valence-corrected chi connectivity index (χ2v) is 6.11. The molecule has 1 aliphatic rings. The Bertz CT molecular complexity index is 740. The van der Waals surface area contributed by atoms with E-state index in [1.165, 1.54) is 0 Å². The van der Waals surface area contributed by atoms with Crippen LogP contribution in [0.3, 0.4) is 0 Å². The first-order valence-corrected chi connectivity index (χ1v) is 8.34. The third kappa shape index (κ3) is 3.84. The summed E-state index contributed by atoms with van der Waals surface area (Å²) < 4.78 is 5.30. The van der Waals surface area contributed by atoms with E-state index in [1.807, 2.05) is 6.92 Å². The standard InChI is InChI=1S/C17H21N5O3/c1-3-15(23)22-10-13(11-22)16-19-14(20-25-16)6-9-21(2)17(24)12-4-7-18-8-5-12/h4-5,7-8,13H,3,6,9-11H2,1-2H3. The van der Waals surface area contributed by atoms with Gasteiger partial charge in [-0.1, -0.05) is 12.1 Å². The van der Waals surface area contributed by atoms with Crippen molar-refractivity contribution >= 4 is 11.8 Å². The zero-order valence-electron chi connectivity index (χ0n) is 14.4.